The van der Waals surface area contributed by atoms with E-state index in [1.807, 2.05) is 6.07 Å². The number of carbonyl (C=O) groups excluding carboxylic acids is 2. The van der Waals surface area contributed by atoms with Gasteiger partial charge in [-0.3, -0.25) is 0 Å². The molecular weight excluding hydrogens is 544 g/mol. The Kier molecular flexibility index (Phi) is 8.73. The number of amides is 1. The fraction of sp³-hybridized carbons (Fsp3) is 0.385. The quantitative estimate of drug-likeness (QED) is 0.204. The molecule has 1 unspecified atom stereocenters. The van der Waals surface area contributed by atoms with Gasteiger partial charge in [0.2, 0.25) is 5.92 Å². The maximum Gasteiger partial charge on any atom is 0.408 e. The summed E-state index contributed by atoms with van der Waals surface area (Å²) in [6.45, 7) is 0.000593. The van der Waals surface area contributed by atoms with Gasteiger partial charge in [0, 0.05) is 18.4 Å². The number of hydrogen-bond donors (Lipinski definition) is 1. The number of nitrogens with zero attached hydrogens (tertiary/aromatic N) is 3. The Balaban J connectivity index is 1.65. The van der Waals surface area contributed by atoms with Crippen LogP contribution >= 0.6 is 11.6 Å². The normalized spacial score (nSPS) is 16.7. The summed E-state index contributed by atoms with van der Waals surface area (Å²) < 4.78 is 65.1. The van der Waals surface area contributed by atoms with E-state index in [2.05, 4.69) is 20.1 Å². The molecule has 13 heteroatoms. The number of nitrogens with one attached hydrogen (secondary N) is 1. The molecule has 0 radical (unpaired) electrons. The van der Waals surface area contributed by atoms with Gasteiger partial charge in [-0.25, -0.2) is 36.7 Å². The molecule has 0 saturated heterocycles. The van der Waals surface area contributed by atoms with Crippen molar-refractivity contribution in [3.05, 3.63) is 70.6 Å². The highest BCUT2D eigenvalue weighted by Crippen LogP contribution is 2.41. The van der Waals surface area contributed by atoms with Gasteiger partial charge in [0.1, 0.15) is 6.61 Å². The van der Waals surface area contributed by atoms with Crippen LogP contribution < -0.4 is 5.32 Å². The van der Waals surface area contributed by atoms with Crippen LogP contribution in [0.15, 0.2) is 48.7 Å². The predicted octanol–water partition coefficient (Wildman–Crippen LogP) is 6.00. The summed E-state index contributed by atoms with van der Waals surface area (Å²) in [6, 6.07) is 9.46. The minimum Gasteiger partial charge on any atom is -0.465 e. The first kappa shape index (κ1) is 28.3. The summed E-state index contributed by atoms with van der Waals surface area (Å²) in [5.41, 5.74) is 0.543. The molecule has 3 aromatic rings. The van der Waals surface area contributed by atoms with Crippen LogP contribution in [-0.4, -0.2) is 46.1 Å². The van der Waals surface area contributed by atoms with Gasteiger partial charge in [-0.1, -0.05) is 41.9 Å². The van der Waals surface area contributed by atoms with Crippen molar-refractivity contribution in [1.82, 2.24) is 19.9 Å². The Morgan fingerprint density at radius 3 is 2.56 bits per heavy atom. The molecule has 4 rings (SSSR count). The van der Waals surface area contributed by atoms with Crippen molar-refractivity contribution >= 4 is 34.9 Å². The van der Waals surface area contributed by atoms with Crippen molar-refractivity contribution in [3.8, 4) is 0 Å². The third-order valence-corrected chi connectivity index (χ3v) is 6.73. The number of carbonyl (C=O) groups is 2. The van der Waals surface area contributed by atoms with Crippen molar-refractivity contribution in [1.29, 1.82) is 0 Å². The molecule has 1 saturated carbocycles. The van der Waals surface area contributed by atoms with Crippen LogP contribution in [0.2, 0.25) is 5.15 Å². The number of esters is 1. The van der Waals surface area contributed by atoms with Gasteiger partial charge in [0.15, 0.2) is 10.8 Å². The zero-order valence-electron chi connectivity index (χ0n) is 20.8. The average molecular weight is 569 g/mol. The number of rotatable bonds is 8. The number of alkyl carbamates (subject to hydrolysis) is 1. The second kappa shape index (κ2) is 12.0. The molecule has 2 aromatic heterocycles. The van der Waals surface area contributed by atoms with Crippen LogP contribution in [0.3, 0.4) is 0 Å². The molecule has 1 N–H and O–H groups in total. The van der Waals surface area contributed by atoms with Gasteiger partial charge in [-0.2, -0.15) is 5.10 Å². The van der Waals surface area contributed by atoms with Crippen molar-refractivity contribution in [2.24, 2.45) is 5.92 Å². The van der Waals surface area contributed by atoms with Gasteiger partial charge >= 0.3 is 12.1 Å². The highest BCUT2D eigenvalue weighted by molar-refractivity contribution is 6.33. The van der Waals surface area contributed by atoms with Crippen molar-refractivity contribution < 1.29 is 36.6 Å². The van der Waals surface area contributed by atoms with Gasteiger partial charge < -0.3 is 14.8 Å². The van der Waals surface area contributed by atoms with E-state index >= 15 is 0 Å². The van der Waals surface area contributed by atoms with Gasteiger partial charge in [0.25, 0.3) is 6.43 Å². The number of allylic oxidation sites excluding steroid dienone is 1. The van der Waals surface area contributed by atoms with E-state index < -0.39 is 41.9 Å². The fourth-order valence-electron chi connectivity index (χ4n) is 4.48. The average Bonchev–Trinajstić information content (AvgIpc) is 3.31. The molecule has 2 heterocycles. The summed E-state index contributed by atoms with van der Waals surface area (Å²) in [6.07, 6.45) is -2.35. The highest BCUT2D eigenvalue weighted by atomic mass is 35.5. The molecule has 39 heavy (non-hydrogen) atoms. The molecule has 1 amide bonds. The highest BCUT2D eigenvalue weighted by Gasteiger charge is 2.39. The van der Waals surface area contributed by atoms with Gasteiger partial charge in [0.05, 0.1) is 30.6 Å². The minimum atomic E-state index is -2.97. The number of hydrogen-bond acceptors (Lipinski definition) is 6. The van der Waals surface area contributed by atoms with E-state index in [9.17, 15) is 27.2 Å². The lowest BCUT2D eigenvalue weighted by molar-refractivity contribution is -0.133. The van der Waals surface area contributed by atoms with Crippen LogP contribution in [0.25, 0.3) is 11.2 Å². The zero-order valence-corrected chi connectivity index (χ0v) is 21.5. The van der Waals surface area contributed by atoms with E-state index in [0.29, 0.717) is 6.08 Å². The molecule has 0 spiro atoms. The van der Waals surface area contributed by atoms with E-state index in [0.717, 1.165) is 12.7 Å². The number of methoxy groups -OCH3 is 1. The zero-order chi connectivity index (χ0) is 28.2. The van der Waals surface area contributed by atoms with Gasteiger partial charge in [-0.05, 0) is 36.5 Å². The summed E-state index contributed by atoms with van der Waals surface area (Å²) in [5.74, 6) is -4.23. The number of aromatic nitrogens is 3. The van der Waals surface area contributed by atoms with Crippen molar-refractivity contribution in [2.45, 2.75) is 50.7 Å². The molecule has 1 aliphatic carbocycles. The molecule has 8 nitrogen and oxygen atoms in total. The lowest BCUT2D eigenvalue weighted by Crippen LogP contribution is -2.37. The van der Waals surface area contributed by atoms with E-state index in [1.54, 1.807) is 24.3 Å². The van der Waals surface area contributed by atoms with Crippen LogP contribution in [0.1, 0.15) is 48.5 Å². The second-order valence-electron chi connectivity index (χ2n) is 9.10. The second-order valence-corrected chi connectivity index (χ2v) is 9.46. The number of ether oxygens (including phenoxy) is 2. The predicted molar refractivity (Wildman–Crippen MR) is 133 cm³/mol. The third-order valence-electron chi connectivity index (χ3n) is 6.45. The summed E-state index contributed by atoms with van der Waals surface area (Å²) in [7, 11) is 1.04. The van der Waals surface area contributed by atoms with Crippen LogP contribution in [-0.2, 0) is 20.9 Å². The summed E-state index contributed by atoms with van der Waals surface area (Å²) in [5, 5.41) is 6.58. The molecule has 1 aliphatic rings. The Bertz CT molecular complexity index is 1360. The van der Waals surface area contributed by atoms with Crippen LogP contribution in [0.5, 0.6) is 0 Å². The van der Waals surface area contributed by atoms with Crippen molar-refractivity contribution in [3.63, 3.8) is 0 Å². The molecule has 0 aliphatic heterocycles. The molecule has 1 aromatic carbocycles. The van der Waals surface area contributed by atoms with Crippen molar-refractivity contribution in [2.75, 3.05) is 7.11 Å². The van der Waals surface area contributed by atoms with Gasteiger partial charge in [-0.15, -0.1) is 0 Å². The molecular formula is C26H25ClF4N4O4. The summed E-state index contributed by atoms with van der Waals surface area (Å²) >= 11 is 6.21. The number of alkyl halides is 4. The van der Waals surface area contributed by atoms with Crippen LogP contribution in [0.4, 0.5) is 22.4 Å². The lowest BCUT2D eigenvalue weighted by Gasteiger charge is -2.33. The monoisotopic (exact) mass is 568 g/mol. The Hall–Kier alpha value is -3.67. The standard InChI is InChI=1S/C26H25ClF4N4O4/c1-38-24(36)18(11-20(28)29)17-12-21-32-19(13-35(21)34-23(17)27)22(16-7-9-26(30,31)10-8-16)33-25(37)39-14-15-5-3-2-4-6-15/h2-6,11-13,16,20,22H,7-10,14H2,1H3,(H,33,37). The van der Waals surface area contributed by atoms with E-state index in [4.69, 9.17) is 16.3 Å². The molecule has 0 bridgehead atoms. The first-order valence-electron chi connectivity index (χ1n) is 12.1. The minimum absolute atomic E-state index is 0.000593. The Morgan fingerprint density at radius 2 is 1.92 bits per heavy atom. The molecule has 1 atom stereocenters. The largest absolute Gasteiger partial charge is 0.465 e. The van der Waals surface area contributed by atoms with E-state index in [1.165, 1.54) is 16.8 Å². The maximum atomic E-state index is 13.9. The molecule has 208 valence electrons. The fourth-order valence-corrected chi connectivity index (χ4v) is 4.72. The Labute approximate surface area is 225 Å². The Morgan fingerprint density at radius 1 is 1.23 bits per heavy atom. The number of benzene rings is 1. The number of fused-ring (bicyclic) bond motifs is 1. The van der Waals surface area contributed by atoms with E-state index in [-0.39, 0.29) is 54.3 Å². The maximum absolute atomic E-state index is 13.9. The number of halogens is 5. The number of imidazole rings is 1. The molecule has 1 fully saturated rings. The van der Waals surface area contributed by atoms with Crippen LogP contribution in [0, 0.1) is 5.92 Å². The smallest absolute Gasteiger partial charge is 0.408 e. The first-order chi connectivity index (χ1) is 18.6. The third kappa shape index (κ3) is 7.05. The summed E-state index contributed by atoms with van der Waals surface area (Å²) in [4.78, 5) is 29.3. The lowest BCUT2D eigenvalue weighted by atomic mass is 9.81. The first-order valence-corrected chi connectivity index (χ1v) is 12.4. The topological polar surface area (TPSA) is 94.8 Å². The SMILES string of the molecule is COC(=O)C(=CC(F)F)c1cc2nc(C(NC(=O)OCc3ccccc3)C3CCC(F)(F)CC3)cn2nc1Cl.